The lowest BCUT2D eigenvalue weighted by molar-refractivity contribution is 0.411. The number of halogens is 1. The van der Waals surface area contributed by atoms with E-state index >= 15 is 0 Å². The number of para-hydroxylation sites is 2. The maximum absolute atomic E-state index is 13.5. The van der Waals surface area contributed by atoms with Crippen LogP contribution in [-0.4, -0.2) is 22.1 Å². The van der Waals surface area contributed by atoms with Crippen molar-refractivity contribution in [3.63, 3.8) is 0 Å². The molecule has 0 fully saturated rings. The third kappa shape index (κ3) is 2.29. The van der Waals surface area contributed by atoms with Gasteiger partial charge in [0.25, 0.3) is 0 Å². The van der Waals surface area contributed by atoms with Gasteiger partial charge in [-0.3, -0.25) is 0 Å². The van der Waals surface area contributed by atoms with Crippen molar-refractivity contribution in [3.8, 4) is 28.8 Å². The van der Waals surface area contributed by atoms with Crippen LogP contribution in [0, 0.1) is 17.1 Å². The van der Waals surface area contributed by atoms with Crippen molar-refractivity contribution in [1.82, 2.24) is 15.0 Å². The lowest BCUT2D eigenvalue weighted by Gasteiger charge is -2.10. The van der Waals surface area contributed by atoms with Crippen LogP contribution in [0.4, 0.5) is 4.39 Å². The molecule has 108 valence electrons. The third-order valence-electron chi connectivity index (χ3n) is 3.19. The first-order valence-electron chi connectivity index (χ1n) is 6.49. The summed E-state index contributed by atoms with van der Waals surface area (Å²) < 4.78 is 20.3. The first kappa shape index (κ1) is 13.8. The highest BCUT2D eigenvalue weighted by Crippen LogP contribution is 2.29. The molecule has 3 aromatic rings. The van der Waals surface area contributed by atoms with Crippen LogP contribution < -0.4 is 4.74 Å². The predicted molar refractivity (Wildman–Crippen MR) is 78.0 cm³/mol. The van der Waals surface area contributed by atoms with Crippen LogP contribution in [0.25, 0.3) is 16.9 Å². The molecule has 0 amide bonds. The number of benzene rings is 2. The maximum atomic E-state index is 13.5. The average Bonchev–Trinajstić information content (AvgIpc) is 2.98. The molecule has 0 saturated carbocycles. The Bertz CT molecular complexity index is 867. The second kappa shape index (κ2) is 5.66. The topological polar surface area (TPSA) is 63.7 Å². The van der Waals surface area contributed by atoms with Gasteiger partial charge in [0.1, 0.15) is 29.0 Å². The fourth-order valence-corrected chi connectivity index (χ4v) is 2.23. The molecule has 3 rings (SSSR count). The summed E-state index contributed by atoms with van der Waals surface area (Å²) in [5, 5.41) is 17.1. The third-order valence-corrected chi connectivity index (χ3v) is 3.19. The lowest BCUT2D eigenvalue weighted by atomic mass is 10.1. The monoisotopic (exact) mass is 294 g/mol. The molecular weight excluding hydrogens is 283 g/mol. The molecule has 1 aromatic heterocycles. The second-order valence-electron chi connectivity index (χ2n) is 4.49. The zero-order valence-corrected chi connectivity index (χ0v) is 11.7. The molecule has 0 N–H and O–H groups in total. The van der Waals surface area contributed by atoms with Crippen LogP contribution in [0.2, 0.25) is 0 Å². The molecule has 0 aliphatic heterocycles. The first-order chi connectivity index (χ1) is 10.7. The molecule has 0 atom stereocenters. The number of hydrogen-bond acceptors (Lipinski definition) is 4. The standard InChI is InChI=1S/C16H11FN4O/c1-22-15-8-3-2-7-14(15)21-16(13(10-18)19-20-21)11-5-4-6-12(17)9-11/h2-9H,1H3. The maximum Gasteiger partial charge on any atom is 0.191 e. The Morgan fingerprint density at radius 3 is 2.73 bits per heavy atom. The minimum atomic E-state index is -0.394. The zero-order chi connectivity index (χ0) is 15.5. The van der Waals surface area contributed by atoms with Crippen molar-refractivity contribution in [2.75, 3.05) is 7.11 Å². The molecule has 0 aliphatic rings. The molecule has 0 spiro atoms. The summed E-state index contributed by atoms with van der Waals surface area (Å²) in [6.07, 6.45) is 0. The number of rotatable bonds is 3. The quantitative estimate of drug-likeness (QED) is 0.745. The van der Waals surface area contributed by atoms with E-state index in [0.29, 0.717) is 22.7 Å². The SMILES string of the molecule is COc1ccccc1-n1nnc(C#N)c1-c1cccc(F)c1. The molecule has 2 aromatic carbocycles. The van der Waals surface area contributed by atoms with E-state index in [1.165, 1.54) is 16.8 Å². The van der Waals surface area contributed by atoms with Gasteiger partial charge in [-0.1, -0.05) is 29.5 Å². The molecule has 0 saturated heterocycles. The van der Waals surface area contributed by atoms with Gasteiger partial charge in [0.15, 0.2) is 5.69 Å². The van der Waals surface area contributed by atoms with Crippen LogP contribution in [0.5, 0.6) is 5.75 Å². The van der Waals surface area contributed by atoms with Gasteiger partial charge in [0.2, 0.25) is 0 Å². The summed E-state index contributed by atoms with van der Waals surface area (Å²) >= 11 is 0. The Morgan fingerprint density at radius 1 is 1.18 bits per heavy atom. The molecule has 0 radical (unpaired) electrons. The van der Waals surface area contributed by atoms with E-state index in [-0.39, 0.29) is 5.69 Å². The van der Waals surface area contributed by atoms with Crippen molar-refractivity contribution in [2.45, 2.75) is 0 Å². The van der Waals surface area contributed by atoms with Crippen molar-refractivity contribution in [1.29, 1.82) is 5.26 Å². The highest BCUT2D eigenvalue weighted by molar-refractivity contribution is 5.68. The molecular formula is C16H11FN4O. The second-order valence-corrected chi connectivity index (χ2v) is 4.49. The Hall–Kier alpha value is -3.20. The smallest absolute Gasteiger partial charge is 0.191 e. The Labute approximate surface area is 126 Å². The van der Waals surface area contributed by atoms with Crippen LogP contribution >= 0.6 is 0 Å². The van der Waals surface area contributed by atoms with Crippen LogP contribution in [-0.2, 0) is 0 Å². The lowest BCUT2D eigenvalue weighted by Crippen LogP contribution is -2.02. The summed E-state index contributed by atoms with van der Waals surface area (Å²) in [4.78, 5) is 0. The number of methoxy groups -OCH3 is 1. The van der Waals surface area contributed by atoms with Gasteiger partial charge in [0.05, 0.1) is 7.11 Å². The van der Waals surface area contributed by atoms with Crippen molar-refractivity contribution >= 4 is 0 Å². The van der Waals surface area contributed by atoms with Gasteiger partial charge in [-0.2, -0.15) is 5.26 Å². The summed E-state index contributed by atoms with van der Waals surface area (Å²) in [6.45, 7) is 0. The van der Waals surface area contributed by atoms with Gasteiger partial charge in [-0.05, 0) is 24.3 Å². The minimum Gasteiger partial charge on any atom is -0.494 e. The summed E-state index contributed by atoms with van der Waals surface area (Å²) in [6, 6.07) is 15.2. The van der Waals surface area contributed by atoms with Crippen molar-refractivity contribution in [3.05, 3.63) is 60.0 Å². The number of nitriles is 1. The van der Waals surface area contributed by atoms with Crippen molar-refractivity contribution < 1.29 is 9.13 Å². The highest BCUT2D eigenvalue weighted by Gasteiger charge is 2.18. The van der Waals surface area contributed by atoms with E-state index in [1.54, 1.807) is 31.4 Å². The van der Waals surface area contributed by atoms with Gasteiger partial charge in [-0.15, -0.1) is 5.10 Å². The molecule has 0 unspecified atom stereocenters. The Balaban J connectivity index is 2.27. The Kier molecular flexibility index (Phi) is 3.54. The first-order valence-corrected chi connectivity index (χ1v) is 6.49. The molecule has 1 heterocycles. The summed E-state index contributed by atoms with van der Waals surface area (Å²) in [7, 11) is 1.54. The largest absolute Gasteiger partial charge is 0.494 e. The molecule has 0 bridgehead atoms. The number of ether oxygens (including phenoxy) is 1. The predicted octanol–water partition coefficient (Wildman–Crippen LogP) is 2.95. The van der Waals surface area contributed by atoms with Gasteiger partial charge in [-0.25, -0.2) is 9.07 Å². The van der Waals surface area contributed by atoms with E-state index in [2.05, 4.69) is 10.3 Å². The van der Waals surface area contributed by atoms with E-state index in [4.69, 9.17) is 4.74 Å². The minimum absolute atomic E-state index is 0.122. The molecule has 22 heavy (non-hydrogen) atoms. The van der Waals surface area contributed by atoms with Gasteiger partial charge in [0, 0.05) is 5.56 Å². The van der Waals surface area contributed by atoms with Crippen LogP contribution in [0.3, 0.4) is 0 Å². The van der Waals surface area contributed by atoms with Crippen LogP contribution in [0.1, 0.15) is 5.69 Å². The fraction of sp³-hybridized carbons (Fsp3) is 0.0625. The number of aromatic nitrogens is 3. The molecule has 0 aliphatic carbocycles. The summed E-state index contributed by atoms with van der Waals surface area (Å²) in [5.41, 5.74) is 1.69. The average molecular weight is 294 g/mol. The zero-order valence-electron chi connectivity index (χ0n) is 11.7. The Morgan fingerprint density at radius 2 is 2.00 bits per heavy atom. The highest BCUT2D eigenvalue weighted by atomic mass is 19.1. The fourth-order valence-electron chi connectivity index (χ4n) is 2.23. The summed E-state index contributed by atoms with van der Waals surface area (Å²) in [5.74, 6) is 0.184. The van der Waals surface area contributed by atoms with Gasteiger partial charge < -0.3 is 4.74 Å². The molecule has 5 nitrogen and oxygen atoms in total. The van der Waals surface area contributed by atoms with E-state index in [9.17, 15) is 9.65 Å². The molecule has 6 heteroatoms. The van der Waals surface area contributed by atoms with Crippen molar-refractivity contribution in [2.24, 2.45) is 0 Å². The van der Waals surface area contributed by atoms with E-state index in [0.717, 1.165) is 0 Å². The van der Waals surface area contributed by atoms with Crippen LogP contribution in [0.15, 0.2) is 48.5 Å². The number of nitrogens with zero attached hydrogens (tertiary/aromatic N) is 4. The van der Waals surface area contributed by atoms with Gasteiger partial charge >= 0.3 is 0 Å². The van der Waals surface area contributed by atoms with E-state index < -0.39 is 5.82 Å². The number of hydrogen-bond donors (Lipinski definition) is 0. The normalized spacial score (nSPS) is 10.2. The van der Waals surface area contributed by atoms with E-state index in [1.807, 2.05) is 18.2 Å².